The number of aromatic nitrogens is 1. The van der Waals surface area contributed by atoms with Gasteiger partial charge < -0.3 is 10.3 Å². The average molecular weight is 480 g/mol. The molecule has 1 aliphatic heterocycles. The van der Waals surface area contributed by atoms with E-state index in [1.54, 1.807) is 0 Å². The van der Waals surface area contributed by atoms with Gasteiger partial charge in [0.15, 0.2) is 0 Å². The monoisotopic (exact) mass is 479 g/mol. The highest BCUT2D eigenvalue weighted by Gasteiger charge is 2.22. The topological polar surface area (TPSA) is 48.1 Å². The molecule has 0 radical (unpaired) electrons. The van der Waals surface area contributed by atoms with E-state index >= 15 is 0 Å². The first-order chi connectivity index (χ1) is 17.5. The zero-order valence-electron chi connectivity index (χ0n) is 21.7. The Hall–Kier alpha value is -3.37. The maximum atomic E-state index is 12.1. The van der Waals surface area contributed by atoms with E-state index in [2.05, 4.69) is 89.0 Å². The van der Waals surface area contributed by atoms with Crippen LogP contribution in [-0.2, 0) is 17.8 Å². The third kappa shape index (κ3) is 5.24. The number of nitrogens with one attached hydrogen (secondary N) is 2. The predicted octanol–water partition coefficient (Wildman–Crippen LogP) is 7.37. The highest BCUT2D eigenvalue weighted by Crippen LogP contribution is 2.33. The van der Waals surface area contributed by atoms with Gasteiger partial charge in [-0.15, -0.1) is 0 Å². The molecule has 186 valence electrons. The molecule has 4 heteroatoms. The molecule has 0 spiro atoms. The number of fused-ring (bicyclic) bond motifs is 1. The van der Waals surface area contributed by atoms with E-state index in [4.69, 9.17) is 0 Å². The third-order valence-corrected chi connectivity index (χ3v) is 7.61. The molecule has 5 rings (SSSR count). The van der Waals surface area contributed by atoms with Crippen molar-refractivity contribution in [1.82, 2.24) is 9.88 Å². The number of hydrogen-bond donors (Lipinski definition) is 2. The summed E-state index contributed by atoms with van der Waals surface area (Å²) in [6, 6.07) is 24.0. The van der Waals surface area contributed by atoms with Crippen molar-refractivity contribution in [1.29, 1.82) is 0 Å². The van der Waals surface area contributed by atoms with Crippen LogP contribution < -0.4 is 5.32 Å². The SMILES string of the molecule is CCc1ccc(-c2cccc3c(CN4CCC(c5cccc(NC(=O)C(C)C)c5)CC4)c[nH]c23)cc1. The molecular formula is C32H37N3O. The molecule has 1 saturated heterocycles. The second-order valence-electron chi connectivity index (χ2n) is 10.4. The maximum absolute atomic E-state index is 12.1. The average Bonchev–Trinajstić information content (AvgIpc) is 3.32. The molecule has 2 heterocycles. The summed E-state index contributed by atoms with van der Waals surface area (Å²) in [6.07, 6.45) is 5.54. The van der Waals surface area contributed by atoms with Crippen molar-refractivity contribution in [2.24, 2.45) is 5.92 Å². The van der Waals surface area contributed by atoms with Crippen molar-refractivity contribution in [3.05, 3.63) is 89.6 Å². The van der Waals surface area contributed by atoms with Gasteiger partial charge in [-0.1, -0.05) is 75.4 Å². The Morgan fingerprint density at radius 2 is 1.78 bits per heavy atom. The molecule has 0 unspecified atom stereocenters. The molecule has 1 fully saturated rings. The molecule has 4 nitrogen and oxygen atoms in total. The maximum Gasteiger partial charge on any atom is 0.226 e. The molecule has 0 aliphatic carbocycles. The van der Waals surface area contributed by atoms with Crippen LogP contribution in [0.5, 0.6) is 0 Å². The van der Waals surface area contributed by atoms with Crippen LogP contribution in [0.2, 0.25) is 0 Å². The number of anilines is 1. The quantitative estimate of drug-likeness (QED) is 0.291. The summed E-state index contributed by atoms with van der Waals surface area (Å²) in [5.41, 5.74) is 8.74. The summed E-state index contributed by atoms with van der Waals surface area (Å²) in [7, 11) is 0. The van der Waals surface area contributed by atoms with Crippen molar-refractivity contribution in [2.75, 3.05) is 18.4 Å². The first kappa shape index (κ1) is 24.3. The second-order valence-corrected chi connectivity index (χ2v) is 10.4. The highest BCUT2D eigenvalue weighted by atomic mass is 16.1. The Bertz CT molecular complexity index is 1330. The van der Waals surface area contributed by atoms with Crippen molar-refractivity contribution >= 4 is 22.5 Å². The van der Waals surface area contributed by atoms with E-state index < -0.39 is 0 Å². The third-order valence-electron chi connectivity index (χ3n) is 7.61. The van der Waals surface area contributed by atoms with Crippen molar-refractivity contribution in [3.8, 4) is 11.1 Å². The first-order valence-electron chi connectivity index (χ1n) is 13.3. The Morgan fingerprint density at radius 3 is 2.50 bits per heavy atom. The van der Waals surface area contributed by atoms with Gasteiger partial charge in [0.05, 0.1) is 5.52 Å². The molecule has 0 atom stereocenters. The van der Waals surface area contributed by atoms with Crippen molar-refractivity contribution < 1.29 is 4.79 Å². The van der Waals surface area contributed by atoms with Crippen LogP contribution in [-0.4, -0.2) is 28.9 Å². The van der Waals surface area contributed by atoms with Gasteiger partial charge in [-0.2, -0.15) is 0 Å². The van der Waals surface area contributed by atoms with Gasteiger partial charge in [0, 0.05) is 35.3 Å². The zero-order chi connectivity index (χ0) is 25.1. The zero-order valence-corrected chi connectivity index (χ0v) is 21.7. The Kier molecular flexibility index (Phi) is 7.24. The van der Waals surface area contributed by atoms with E-state index in [0.29, 0.717) is 5.92 Å². The van der Waals surface area contributed by atoms with Gasteiger partial charge >= 0.3 is 0 Å². The number of nitrogens with zero attached hydrogens (tertiary/aromatic N) is 1. The lowest BCUT2D eigenvalue weighted by molar-refractivity contribution is -0.118. The van der Waals surface area contributed by atoms with Crippen LogP contribution in [0.3, 0.4) is 0 Å². The summed E-state index contributed by atoms with van der Waals surface area (Å²) in [4.78, 5) is 18.2. The van der Waals surface area contributed by atoms with Crippen LogP contribution in [0.15, 0.2) is 72.9 Å². The lowest BCUT2D eigenvalue weighted by Crippen LogP contribution is -2.32. The van der Waals surface area contributed by atoms with Crippen LogP contribution in [0.4, 0.5) is 5.69 Å². The van der Waals surface area contributed by atoms with Gasteiger partial charge in [0.1, 0.15) is 0 Å². The van der Waals surface area contributed by atoms with Crippen LogP contribution in [0.25, 0.3) is 22.0 Å². The smallest absolute Gasteiger partial charge is 0.226 e. The molecule has 1 amide bonds. The van der Waals surface area contributed by atoms with E-state index in [0.717, 1.165) is 44.6 Å². The minimum Gasteiger partial charge on any atom is -0.360 e. The number of likely N-dealkylation sites (tertiary alicyclic amines) is 1. The number of aryl methyl sites for hydroxylation is 1. The fourth-order valence-corrected chi connectivity index (χ4v) is 5.33. The predicted molar refractivity (Wildman–Crippen MR) is 150 cm³/mol. The molecule has 0 bridgehead atoms. The van der Waals surface area contributed by atoms with E-state index in [9.17, 15) is 4.79 Å². The summed E-state index contributed by atoms with van der Waals surface area (Å²) < 4.78 is 0. The number of aromatic amines is 1. The number of rotatable bonds is 7. The molecule has 1 aliphatic rings. The number of para-hydroxylation sites is 1. The minimum atomic E-state index is -0.0147. The van der Waals surface area contributed by atoms with E-state index in [1.807, 2.05) is 19.9 Å². The molecule has 4 aromatic rings. The van der Waals surface area contributed by atoms with Gasteiger partial charge in [-0.25, -0.2) is 0 Å². The second kappa shape index (κ2) is 10.7. The normalized spacial score (nSPS) is 15.0. The highest BCUT2D eigenvalue weighted by molar-refractivity contribution is 5.96. The Balaban J connectivity index is 1.25. The molecule has 2 N–H and O–H groups in total. The van der Waals surface area contributed by atoms with Crippen LogP contribution in [0.1, 0.15) is 56.2 Å². The molecule has 36 heavy (non-hydrogen) atoms. The number of amides is 1. The summed E-state index contributed by atoms with van der Waals surface area (Å²) in [6.45, 7) is 9.17. The number of H-pyrrole nitrogens is 1. The molecule has 0 saturated carbocycles. The standard InChI is InChI=1S/C32H37N3O/c1-4-23-11-13-25(14-12-23)29-9-6-10-30-27(20-33-31(29)30)21-35-17-15-24(16-18-35)26-7-5-8-28(19-26)34-32(36)22(2)3/h5-14,19-20,22,24,33H,4,15-18,21H2,1-3H3,(H,34,36). The number of carbonyl (C=O) groups is 1. The van der Waals surface area contributed by atoms with Crippen molar-refractivity contribution in [3.63, 3.8) is 0 Å². The fraction of sp³-hybridized carbons (Fsp3) is 0.344. The van der Waals surface area contributed by atoms with E-state index in [-0.39, 0.29) is 11.8 Å². The number of hydrogen-bond acceptors (Lipinski definition) is 2. The largest absolute Gasteiger partial charge is 0.360 e. The van der Waals surface area contributed by atoms with Gasteiger partial charge in [0.25, 0.3) is 0 Å². The van der Waals surface area contributed by atoms with Crippen molar-refractivity contribution in [2.45, 2.75) is 52.5 Å². The number of benzene rings is 3. The molecular weight excluding hydrogens is 442 g/mol. The summed E-state index contributed by atoms with van der Waals surface area (Å²) in [5.74, 6) is 0.596. The number of piperidine rings is 1. The Morgan fingerprint density at radius 1 is 1.03 bits per heavy atom. The summed E-state index contributed by atoms with van der Waals surface area (Å²) >= 11 is 0. The van der Waals surface area contributed by atoms with Gasteiger partial charge in [-0.3, -0.25) is 9.69 Å². The number of carbonyl (C=O) groups excluding carboxylic acids is 1. The van der Waals surface area contributed by atoms with Crippen LogP contribution >= 0.6 is 0 Å². The Labute approximate surface area is 214 Å². The minimum absolute atomic E-state index is 0.0147. The first-order valence-corrected chi connectivity index (χ1v) is 13.3. The lowest BCUT2D eigenvalue weighted by atomic mass is 9.89. The van der Waals surface area contributed by atoms with Crippen LogP contribution in [0, 0.1) is 5.92 Å². The van der Waals surface area contributed by atoms with Gasteiger partial charge in [-0.05, 0) is 72.7 Å². The van der Waals surface area contributed by atoms with E-state index in [1.165, 1.54) is 38.7 Å². The molecule has 1 aromatic heterocycles. The lowest BCUT2D eigenvalue weighted by Gasteiger charge is -2.32. The molecule has 3 aromatic carbocycles. The van der Waals surface area contributed by atoms with Gasteiger partial charge in [0.2, 0.25) is 5.91 Å². The summed E-state index contributed by atoms with van der Waals surface area (Å²) in [5, 5.41) is 4.37. The fourth-order valence-electron chi connectivity index (χ4n) is 5.33.